The van der Waals surface area contributed by atoms with E-state index in [-0.39, 0.29) is 35.2 Å². The maximum atomic E-state index is 12.4. The van der Waals surface area contributed by atoms with Gasteiger partial charge in [0, 0.05) is 30.6 Å². The lowest BCUT2D eigenvalue weighted by Gasteiger charge is -2.04. The van der Waals surface area contributed by atoms with Crippen molar-refractivity contribution in [1.29, 1.82) is 0 Å². The number of aromatic amines is 2. The summed E-state index contributed by atoms with van der Waals surface area (Å²) in [6.07, 6.45) is 0. The Hall–Kier alpha value is -3.25. The Morgan fingerprint density at radius 1 is 1.28 bits per heavy atom. The summed E-state index contributed by atoms with van der Waals surface area (Å²) in [5.41, 5.74) is 0.119. The number of hydrogen-bond donors (Lipinski definition) is 3. The third kappa shape index (κ3) is 3.25. The van der Waals surface area contributed by atoms with Crippen LogP contribution in [0, 0.1) is 0 Å². The second kappa shape index (κ2) is 7.29. The van der Waals surface area contributed by atoms with Crippen molar-refractivity contribution >= 4 is 49.6 Å². The molecule has 1 aromatic carbocycles. The average Bonchev–Trinajstić information content (AvgIpc) is 3.20. The fourth-order valence-electron chi connectivity index (χ4n) is 3.03. The molecule has 0 saturated carbocycles. The topological polar surface area (TPSA) is 143 Å². The first-order valence-electron chi connectivity index (χ1n) is 8.51. The normalized spacial score (nSPS) is 12.0. The highest BCUT2D eigenvalue weighted by atomic mass is 79.9. The molecule has 3 aromatic heterocycles. The SMILES string of the molecule is COCCn1c(N=Nc2c(O)[nH]c3ccc(Br)cc23)nc2c1c(=O)[nH]c(=O)n2C. The van der Waals surface area contributed by atoms with Crippen molar-refractivity contribution in [2.45, 2.75) is 6.54 Å². The number of aromatic nitrogens is 5. The van der Waals surface area contributed by atoms with Gasteiger partial charge in [0.1, 0.15) is 0 Å². The molecular formula is C17H16BrN7O4. The number of hydrogen-bond acceptors (Lipinski definition) is 7. The van der Waals surface area contributed by atoms with Crippen LogP contribution in [0.5, 0.6) is 5.88 Å². The maximum Gasteiger partial charge on any atom is 0.329 e. The second-order valence-electron chi connectivity index (χ2n) is 6.26. The third-order valence-electron chi connectivity index (χ3n) is 4.46. The van der Waals surface area contributed by atoms with E-state index >= 15 is 0 Å². The number of aryl methyl sites for hydroxylation is 1. The molecule has 0 aliphatic rings. The van der Waals surface area contributed by atoms with Gasteiger partial charge in [0.25, 0.3) is 11.5 Å². The highest BCUT2D eigenvalue weighted by Crippen LogP contribution is 2.37. The first kappa shape index (κ1) is 19.1. The zero-order valence-electron chi connectivity index (χ0n) is 15.4. The van der Waals surface area contributed by atoms with Crippen LogP contribution in [0.1, 0.15) is 0 Å². The van der Waals surface area contributed by atoms with Gasteiger partial charge < -0.3 is 14.8 Å². The van der Waals surface area contributed by atoms with Crippen molar-refractivity contribution in [3.05, 3.63) is 43.5 Å². The molecule has 0 unspecified atom stereocenters. The summed E-state index contributed by atoms with van der Waals surface area (Å²) in [6, 6.07) is 5.42. The van der Waals surface area contributed by atoms with E-state index in [9.17, 15) is 14.7 Å². The summed E-state index contributed by atoms with van der Waals surface area (Å²) < 4.78 is 8.65. The summed E-state index contributed by atoms with van der Waals surface area (Å²) in [6.45, 7) is 0.565. The molecule has 0 atom stereocenters. The lowest BCUT2D eigenvalue weighted by Crippen LogP contribution is -2.29. The number of nitrogens with one attached hydrogen (secondary N) is 2. The van der Waals surface area contributed by atoms with Gasteiger partial charge in [0.05, 0.1) is 12.1 Å². The minimum Gasteiger partial charge on any atom is -0.493 e. The average molecular weight is 462 g/mol. The molecule has 3 heterocycles. The minimum atomic E-state index is -0.582. The van der Waals surface area contributed by atoms with Crippen LogP contribution < -0.4 is 11.2 Å². The van der Waals surface area contributed by atoms with Crippen molar-refractivity contribution in [2.24, 2.45) is 17.3 Å². The Balaban J connectivity index is 1.90. The van der Waals surface area contributed by atoms with Crippen LogP contribution in [-0.4, -0.2) is 42.9 Å². The predicted molar refractivity (Wildman–Crippen MR) is 109 cm³/mol. The fourth-order valence-corrected chi connectivity index (χ4v) is 3.39. The van der Waals surface area contributed by atoms with Crippen molar-refractivity contribution in [2.75, 3.05) is 13.7 Å². The number of halogens is 1. The van der Waals surface area contributed by atoms with Gasteiger partial charge in [-0.3, -0.25) is 18.9 Å². The molecule has 3 N–H and O–H groups in total. The number of ether oxygens (including phenoxy) is 1. The smallest absolute Gasteiger partial charge is 0.329 e. The van der Waals surface area contributed by atoms with Crippen LogP contribution in [0.15, 0.2) is 42.5 Å². The van der Waals surface area contributed by atoms with Crippen LogP contribution in [-0.2, 0) is 18.3 Å². The van der Waals surface area contributed by atoms with Crippen LogP contribution >= 0.6 is 15.9 Å². The van der Waals surface area contributed by atoms with Gasteiger partial charge in [0.15, 0.2) is 16.9 Å². The number of methoxy groups -OCH3 is 1. The summed E-state index contributed by atoms with van der Waals surface area (Å²) in [7, 11) is 3.03. The van der Waals surface area contributed by atoms with Gasteiger partial charge in [-0.2, -0.15) is 4.98 Å². The number of nitrogens with zero attached hydrogens (tertiary/aromatic N) is 5. The summed E-state index contributed by atoms with van der Waals surface area (Å²) in [5.74, 6) is -0.0425. The maximum absolute atomic E-state index is 12.4. The molecule has 4 rings (SSSR count). The molecule has 150 valence electrons. The zero-order chi connectivity index (χ0) is 20.7. The van der Waals surface area contributed by atoms with Gasteiger partial charge >= 0.3 is 5.69 Å². The summed E-state index contributed by atoms with van der Waals surface area (Å²) >= 11 is 3.39. The van der Waals surface area contributed by atoms with Gasteiger partial charge in [-0.15, -0.1) is 10.2 Å². The standard InChI is InChI=1S/C17H16BrN7O4/c1-24-13-12(15(27)21-17(24)28)25(5-6-29-2)16(20-13)23-22-11-9-7-8(18)3-4-10(9)19-14(11)26/h3-4,7,19,26H,5-6H2,1-2H3,(H,21,27,28). The third-order valence-corrected chi connectivity index (χ3v) is 4.95. The Bertz CT molecular complexity index is 1380. The molecule has 0 radical (unpaired) electrons. The number of imidazole rings is 1. The molecule has 0 spiro atoms. The number of rotatable bonds is 5. The van der Waals surface area contributed by atoms with Crippen molar-refractivity contribution in [1.82, 2.24) is 24.1 Å². The number of azo groups is 1. The van der Waals surface area contributed by atoms with Gasteiger partial charge in [-0.1, -0.05) is 15.9 Å². The summed E-state index contributed by atoms with van der Waals surface area (Å²) in [5, 5.41) is 19.2. The van der Waals surface area contributed by atoms with E-state index in [4.69, 9.17) is 4.74 Å². The molecular weight excluding hydrogens is 446 g/mol. The van der Waals surface area contributed by atoms with Crippen molar-refractivity contribution in [3.63, 3.8) is 0 Å². The number of benzene rings is 1. The van der Waals surface area contributed by atoms with Crippen LogP contribution in [0.2, 0.25) is 0 Å². The highest BCUT2D eigenvalue weighted by Gasteiger charge is 2.18. The molecule has 11 nitrogen and oxygen atoms in total. The van der Waals surface area contributed by atoms with E-state index in [2.05, 4.69) is 41.1 Å². The second-order valence-corrected chi connectivity index (χ2v) is 7.17. The number of H-pyrrole nitrogens is 2. The monoisotopic (exact) mass is 461 g/mol. The first-order valence-corrected chi connectivity index (χ1v) is 9.30. The van der Waals surface area contributed by atoms with E-state index < -0.39 is 11.2 Å². The Morgan fingerprint density at radius 2 is 2.07 bits per heavy atom. The molecule has 0 saturated heterocycles. The summed E-state index contributed by atoms with van der Waals surface area (Å²) in [4.78, 5) is 33.6. The largest absolute Gasteiger partial charge is 0.493 e. The number of fused-ring (bicyclic) bond motifs is 2. The van der Waals surface area contributed by atoms with Crippen LogP contribution in [0.25, 0.3) is 22.1 Å². The molecule has 0 aliphatic carbocycles. The number of aromatic hydroxyl groups is 1. The molecule has 29 heavy (non-hydrogen) atoms. The van der Waals surface area contributed by atoms with E-state index in [0.29, 0.717) is 17.5 Å². The van der Waals surface area contributed by atoms with E-state index in [1.54, 1.807) is 12.1 Å². The van der Waals surface area contributed by atoms with E-state index in [0.717, 1.165) is 4.47 Å². The van der Waals surface area contributed by atoms with Crippen molar-refractivity contribution in [3.8, 4) is 5.88 Å². The van der Waals surface area contributed by atoms with Crippen LogP contribution in [0.4, 0.5) is 11.6 Å². The molecule has 0 amide bonds. The predicted octanol–water partition coefficient (Wildman–Crippen LogP) is 2.43. The van der Waals surface area contributed by atoms with Gasteiger partial charge in [0.2, 0.25) is 5.88 Å². The van der Waals surface area contributed by atoms with Crippen molar-refractivity contribution < 1.29 is 9.84 Å². The molecule has 0 bridgehead atoms. The van der Waals surface area contributed by atoms with E-state index in [1.807, 2.05) is 6.07 Å². The zero-order valence-corrected chi connectivity index (χ0v) is 17.0. The Labute approximate surface area is 170 Å². The first-order chi connectivity index (χ1) is 13.9. The Morgan fingerprint density at radius 3 is 2.83 bits per heavy atom. The fraction of sp³-hybridized carbons (Fsp3) is 0.235. The molecule has 4 aromatic rings. The minimum absolute atomic E-state index is 0.104. The van der Waals surface area contributed by atoms with Gasteiger partial charge in [-0.05, 0) is 18.2 Å². The molecule has 0 aliphatic heterocycles. The molecule has 12 heteroatoms. The van der Waals surface area contributed by atoms with Crippen LogP contribution in [0.3, 0.4) is 0 Å². The van der Waals surface area contributed by atoms with Gasteiger partial charge in [-0.25, -0.2) is 4.79 Å². The quantitative estimate of drug-likeness (QED) is 0.391. The highest BCUT2D eigenvalue weighted by molar-refractivity contribution is 9.10. The Kier molecular flexibility index (Phi) is 4.80. The lowest BCUT2D eigenvalue weighted by atomic mass is 10.2. The molecule has 0 fully saturated rings. The lowest BCUT2D eigenvalue weighted by molar-refractivity contribution is 0.188. The van der Waals surface area contributed by atoms with E-state index in [1.165, 1.54) is 23.3 Å².